The highest BCUT2D eigenvalue weighted by atomic mass is 35.5. The maximum atomic E-state index is 12.5. The van der Waals surface area contributed by atoms with E-state index in [0.29, 0.717) is 16.2 Å². The van der Waals surface area contributed by atoms with Crippen molar-refractivity contribution in [1.29, 1.82) is 0 Å². The van der Waals surface area contributed by atoms with Gasteiger partial charge in [0.25, 0.3) is 5.91 Å². The molecule has 0 bridgehead atoms. The number of rotatable bonds is 6. The molecule has 7 heteroatoms. The van der Waals surface area contributed by atoms with Crippen molar-refractivity contribution < 1.29 is 23.8 Å². The summed E-state index contributed by atoms with van der Waals surface area (Å²) in [5.41, 5.74) is 1.17. The summed E-state index contributed by atoms with van der Waals surface area (Å²) in [6.45, 7) is 1.73. The normalized spacial score (nSPS) is 10.9. The smallest absolute Gasteiger partial charge is 0.323 e. The zero-order chi connectivity index (χ0) is 16.3. The Labute approximate surface area is 132 Å². The number of nitrogens with zero attached hydrogens (tertiary/aromatic N) is 1. The molecule has 0 aliphatic carbocycles. The number of aryl methyl sites for hydroxylation is 1. The van der Waals surface area contributed by atoms with E-state index in [-0.39, 0.29) is 18.9 Å². The fourth-order valence-corrected chi connectivity index (χ4v) is 2.33. The Kier molecular flexibility index (Phi) is 5.05. The summed E-state index contributed by atoms with van der Waals surface area (Å²) in [4.78, 5) is 24.6. The molecule has 118 valence electrons. The molecule has 2 rings (SSSR count). The van der Waals surface area contributed by atoms with Crippen LogP contribution in [0, 0.1) is 6.92 Å². The zero-order valence-electron chi connectivity index (χ0n) is 12.3. The van der Waals surface area contributed by atoms with Crippen LogP contribution in [0.25, 0.3) is 11.0 Å². The number of hydrogen-bond acceptors (Lipinski definition) is 4. The van der Waals surface area contributed by atoms with Crippen LogP contribution >= 0.6 is 11.6 Å². The number of ether oxygens (including phenoxy) is 1. The van der Waals surface area contributed by atoms with Gasteiger partial charge in [0, 0.05) is 29.6 Å². The highest BCUT2D eigenvalue weighted by Crippen LogP contribution is 2.28. The van der Waals surface area contributed by atoms with Crippen LogP contribution in [0.15, 0.2) is 22.6 Å². The molecule has 6 nitrogen and oxygen atoms in total. The molecule has 0 radical (unpaired) electrons. The van der Waals surface area contributed by atoms with Crippen molar-refractivity contribution >= 4 is 34.4 Å². The molecule has 0 fully saturated rings. The van der Waals surface area contributed by atoms with Crippen LogP contribution in [-0.4, -0.2) is 48.7 Å². The van der Waals surface area contributed by atoms with Gasteiger partial charge in [0.1, 0.15) is 12.1 Å². The molecule has 0 unspecified atom stereocenters. The van der Waals surface area contributed by atoms with Gasteiger partial charge < -0.3 is 19.2 Å². The average Bonchev–Trinajstić information content (AvgIpc) is 2.79. The van der Waals surface area contributed by atoms with Crippen molar-refractivity contribution in [2.24, 2.45) is 0 Å². The minimum Gasteiger partial charge on any atom is -0.480 e. The highest BCUT2D eigenvalue weighted by Gasteiger charge is 2.24. The van der Waals surface area contributed by atoms with Crippen molar-refractivity contribution in [2.45, 2.75) is 6.92 Å². The number of carbonyl (C=O) groups excluding carboxylic acids is 1. The molecule has 1 aromatic carbocycles. The van der Waals surface area contributed by atoms with E-state index in [1.165, 1.54) is 12.0 Å². The maximum absolute atomic E-state index is 12.5. The van der Waals surface area contributed by atoms with E-state index in [2.05, 4.69) is 0 Å². The molecule has 0 spiro atoms. The van der Waals surface area contributed by atoms with Gasteiger partial charge in [-0.05, 0) is 25.1 Å². The fraction of sp³-hybridized carbons (Fsp3) is 0.333. The van der Waals surface area contributed by atoms with Crippen molar-refractivity contribution in [2.75, 3.05) is 26.8 Å². The first-order valence-electron chi connectivity index (χ1n) is 6.62. The number of fused-ring (bicyclic) bond motifs is 1. The number of aliphatic carboxylic acids is 1. The molecule has 0 saturated heterocycles. The number of methoxy groups -OCH3 is 1. The molecular formula is C15H16ClNO5. The number of amides is 1. The lowest BCUT2D eigenvalue weighted by Crippen LogP contribution is -2.38. The van der Waals surface area contributed by atoms with Gasteiger partial charge in [-0.1, -0.05) is 11.6 Å². The topological polar surface area (TPSA) is 80.0 Å². The Bertz CT molecular complexity index is 709. The van der Waals surface area contributed by atoms with Crippen molar-refractivity contribution in [1.82, 2.24) is 4.90 Å². The minimum atomic E-state index is -1.10. The van der Waals surface area contributed by atoms with Crippen LogP contribution in [0.1, 0.15) is 16.1 Å². The molecular weight excluding hydrogens is 310 g/mol. The van der Waals surface area contributed by atoms with Gasteiger partial charge in [-0.3, -0.25) is 9.59 Å². The number of hydrogen-bond donors (Lipinski definition) is 1. The van der Waals surface area contributed by atoms with E-state index >= 15 is 0 Å². The van der Waals surface area contributed by atoms with Gasteiger partial charge in [-0.2, -0.15) is 0 Å². The molecule has 0 saturated carbocycles. The number of carbonyl (C=O) groups is 2. The third kappa shape index (κ3) is 3.40. The summed E-state index contributed by atoms with van der Waals surface area (Å²) in [6.07, 6.45) is 0. The van der Waals surface area contributed by atoms with Gasteiger partial charge in [-0.25, -0.2) is 0 Å². The molecule has 1 N–H and O–H groups in total. The highest BCUT2D eigenvalue weighted by molar-refractivity contribution is 6.31. The predicted molar refractivity (Wildman–Crippen MR) is 81.4 cm³/mol. The van der Waals surface area contributed by atoms with Gasteiger partial charge in [-0.15, -0.1) is 0 Å². The van der Waals surface area contributed by atoms with Crippen LogP contribution in [0.4, 0.5) is 0 Å². The quantitative estimate of drug-likeness (QED) is 0.883. The standard InChI is InChI=1S/C15H16ClNO5/c1-9-11-7-10(16)3-4-12(11)22-14(9)15(20)17(5-6-21-2)8-13(18)19/h3-4,7H,5-6,8H2,1-2H3,(H,18,19). The maximum Gasteiger partial charge on any atom is 0.323 e. The van der Waals surface area contributed by atoms with Gasteiger partial charge >= 0.3 is 5.97 Å². The van der Waals surface area contributed by atoms with Crippen LogP contribution in [0.3, 0.4) is 0 Å². The monoisotopic (exact) mass is 325 g/mol. The van der Waals surface area contributed by atoms with E-state index < -0.39 is 18.4 Å². The van der Waals surface area contributed by atoms with Gasteiger partial charge in [0.05, 0.1) is 6.61 Å². The summed E-state index contributed by atoms with van der Waals surface area (Å²) < 4.78 is 10.5. The predicted octanol–water partition coefficient (Wildman–Crippen LogP) is 2.57. The Morgan fingerprint density at radius 2 is 2.14 bits per heavy atom. The van der Waals surface area contributed by atoms with Crippen LogP contribution in [0.2, 0.25) is 5.02 Å². The summed E-state index contributed by atoms with van der Waals surface area (Å²) in [6, 6.07) is 5.06. The third-order valence-corrected chi connectivity index (χ3v) is 3.51. The largest absolute Gasteiger partial charge is 0.480 e. The number of carboxylic acid groups (broad SMARTS) is 1. The molecule has 1 amide bonds. The molecule has 1 aromatic heterocycles. The molecule has 2 aromatic rings. The summed E-state index contributed by atoms with van der Waals surface area (Å²) >= 11 is 5.95. The molecule has 1 heterocycles. The number of benzene rings is 1. The summed E-state index contributed by atoms with van der Waals surface area (Å²) in [5.74, 6) is -1.46. The SMILES string of the molecule is COCCN(CC(=O)O)C(=O)c1oc2ccc(Cl)cc2c1C. The Morgan fingerprint density at radius 1 is 1.41 bits per heavy atom. The molecule has 0 aliphatic heterocycles. The van der Waals surface area contributed by atoms with E-state index in [1.54, 1.807) is 25.1 Å². The first kappa shape index (κ1) is 16.3. The lowest BCUT2D eigenvalue weighted by atomic mass is 10.1. The molecule has 0 aliphatic rings. The number of halogens is 1. The summed E-state index contributed by atoms with van der Waals surface area (Å²) in [7, 11) is 1.48. The van der Waals surface area contributed by atoms with Crippen molar-refractivity contribution in [3.63, 3.8) is 0 Å². The Morgan fingerprint density at radius 3 is 2.77 bits per heavy atom. The van der Waals surface area contributed by atoms with E-state index in [9.17, 15) is 9.59 Å². The zero-order valence-corrected chi connectivity index (χ0v) is 13.0. The number of furan rings is 1. The van der Waals surface area contributed by atoms with Gasteiger partial charge in [0.15, 0.2) is 5.76 Å². The first-order valence-corrected chi connectivity index (χ1v) is 7.00. The number of carboxylic acids is 1. The Balaban J connectivity index is 2.37. The first-order chi connectivity index (χ1) is 10.4. The minimum absolute atomic E-state index is 0.120. The Hall–Kier alpha value is -2.05. The van der Waals surface area contributed by atoms with Gasteiger partial charge in [0.2, 0.25) is 0 Å². The van der Waals surface area contributed by atoms with Crippen molar-refractivity contribution in [3.8, 4) is 0 Å². The lowest BCUT2D eigenvalue weighted by Gasteiger charge is -2.19. The summed E-state index contributed by atoms with van der Waals surface area (Å²) in [5, 5.41) is 10.2. The second kappa shape index (κ2) is 6.81. The fourth-order valence-electron chi connectivity index (χ4n) is 2.16. The van der Waals surface area contributed by atoms with Crippen LogP contribution < -0.4 is 0 Å². The van der Waals surface area contributed by atoms with Crippen molar-refractivity contribution in [3.05, 3.63) is 34.5 Å². The average molecular weight is 326 g/mol. The van der Waals surface area contributed by atoms with E-state index in [0.717, 1.165) is 5.39 Å². The van der Waals surface area contributed by atoms with E-state index in [1.807, 2.05) is 0 Å². The second-order valence-corrected chi connectivity index (χ2v) is 5.25. The second-order valence-electron chi connectivity index (χ2n) is 4.81. The van der Waals surface area contributed by atoms with Crippen LogP contribution in [0.5, 0.6) is 0 Å². The van der Waals surface area contributed by atoms with E-state index in [4.69, 9.17) is 25.9 Å². The molecule has 22 heavy (non-hydrogen) atoms. The lowest BCUT2D eigenvalue weighted by molar-refractivity contribution is -0.137. The molecule has 0 atom stereocenters. The third-order valence-electron chi connectivity index (χ3n) is 3.27. The van der Waals surface area contributed by atoms with Crippen LogP contribution in [-0.2, 0) is 9.53 Å².